The average molecular weight is 181 g/mol. The molecule has 0 bridgehead atoms. The molecule has 4 heteroatoms. The zero-order valence-corrected chi connectivity index (χ0v) is 7.63. The summed E-state index contributed by atoms with van der Waals surface area (Å²) < 4.78 is 24.6. The highest BCUT2D eigenvalue weighted by molar-refractivity contribution is 8.24. The second kappa shape index (κ2) is 4.55. The number of rotatable bonds is 4. The molecule has 0 N–H and O–H groups in total. The van der Waals surface area contributed by atoms with E-state index in [0.717, 1.165) is 6.26 Å². The first-order chi connectivity index (χ1) is 4.95. The summed E-state index contributed by atoms with van der Waals surface area (Å²) in [7, 11) is -3.35. The van der Waals surface area contributed by atoms with E-state index in [1.165, 1.54) is 0 Å². The molecule has 0 fully saturated rings. The fourth-order valence-corrected chi connectivity index (χ4v) is 1.48. The van der Waals surface area contributed by atoms with E-state index in [0.29, 0.717) is 12.8 Å². The second-order valence-electron chi connectivity index (χ2n) is 2.83. The minimum absolute atomic E-state index is 0.0319. The summed E-state index contributed by atoms with van der Waals surface area (Å²) in [5.74, 6) is 0.0777. The molecule has 0 aliphatic carbocycles. The summed E-state index contributed by atoms with van der Waals surface area (Å²) >= 11 is 0. The quantitative estimate of drug-likeness (QED) is 0.653. The highest BCUT2D eigenvalue weighted by atomic mass is 32.3. The molecule has 0 heterocycles. The Balaban J connectivity index is 3.48. The van der Waals surface area contributed by atoms with Gasteiger partial charge in [0.2, 0.25) is 0 Å². The Kier molecular flexibility index (Phi) is 4.43. The molecule has 1 nitrogen and oxygen atoms in total. The Morgan fingerprint density at radius 1 is 1.55 bits per heavy atom. The van der Waals surface area contributed by atoms with Crippen LogP contribution in [-0.2, 0) is 0 Å². The lowest BCUT2D eigenvalue weighted by molar-refractivity contribution is 0.571. The molecule has 0 aliphatic heterocycles. The normalized spacial score (nSPS) is 15.5. The highest BCUT2D eigenvalue weighted by Gasteiger charge is 2.15. The molecule has 1 atom stereocenters. The Bertz CT molecular complexity index is 148. The predicted molar refractivity (Wildman–Crippen MR) is 44.6 cm³/mol. The summed E-state index contributed by atoms with van der Waals surface area (Å²) in [6.07, 6.45) is 1.84. The molecule has 0 spiro atoms. The lowest BCUT2D eigenvalue weighted by atomic mass is 10.1. The topological polar surface area (TPSA) is 23.8 Å². The maximum Gasteiger partial charge on any atom is 0.0624 e. The lowest BCUT2D eigenvalue weighted by Crippen LogP contribution is -1.99. The van der Waals surface area contributed by atoms with Crippen LogP contribution >= 0.6 is 10.8 Å². The monoisotopic (exact) mass is 181 g/mol. The number of halogens is 2. The molecular formula is C7H13F2NS. The standard InChI is InChI=1S/C7H13F2NS/c1-7(3-5-10)4-6-11(2,8)9/h7H,3-4,6H2,1-2H3. The summed E-state index contributed by atoms with van der Waals surface area (Å²) in [6, 6.07) is 1.97. The Morgan fingerprint density at radius 3 is 2.45 bits per heavy atom. The molecule has 0 saturated carbocycles. The van der Waals surface area contributed by atoms with Crippen molar-refractivity contribution in [1.29, 1.82) is 5.26 Å². The van der Waals surface area contributed by atoms with Crippen molar-refractivity contribution in [1.82, 2.24) is 0 Å². The van der Waals surface area contributed by atoms with Gasteiger partial charge in [0, 0.05) is 18.4 Å². The molecule has 0 rings (SSSR count). The Labute approximate surface area is 68.3 Å². The molecule has 1 unspecified atom stereocenters. The average Bonchev–Trinajstić information content (AvgIpc) is 1.83. The molecule has 0 radical (unpaired) electrons. The van der Waals surface area contributed by atoms with Crippen molar-refractivity contribution in [3.8, 4) is 6.07 Å². The molecule has 66 valence electrons. The fourth-order valence-electron chi connectivity index (χ4n) is 0.666. The summed E-state index contributed by atoms with van der Waals surface area (Å²) in [5.41, 5.74) is 0. The van der Waals surface area contributed by atoms with Crippen LogP contribution in [-0.4, -0.2) is 12.0 Å². The van der Waals surface area contributed by atoms with Gasteiger partial charge in [-0.3, -0.25) is 0 Å². The molecule has 0 amide bonds. The zero-order valence-electron chi connectivity index (χ0n) is 6.81. The van der Waals surface area contributed by atoms with Crippen molar-refractivity contribution in [2.24, 2.45) is 5.92 Å². The third kappa shape index (κ3) is 7.60. The van der Waals surface area contributed by atoms with Crippen molar-refractivity contribution >= 4 is 10.8 Å². The van der Waals surface area contributed by atoms with E-state index in [9.17, 15) is 7.77 Å². The SMILES string of the molecule is CC(CC#N)CCS(C)(F)F. The first-order valence-corrected chi connectivity index (χ1v) is 5.49. The van der Waals surface area contributed by atoms with Crippen LogP contribution in [0, 0.1) is 17.2 Å². The van der Waals surface area contributed by atoms with Crippen LogP contribution in [0.25, 0.3) is 0 Å². The van der Waals surface area contributed by atoms with E-state index in [-0.39, 0.29) is 11.7 Å². The van der Waals surface area contributed by atoms with Crippen molar-refractivity contribution in [2.45, 2.75) is 19.8 Å². The lowest BCUT2D eigenvalue weighted by Gasteiger charge is -2.15. The number of nitrogens with zero attached hydrogens (tertiary/aromatic N) is 1. The van der Waals surface area contributed by atoms with Crippen LogP contribution < -0.4 is 0 Å². The van der Waals surface area contributed by atoms with Gasteiger partial charge in [-0.2, -0.15) is 13.0 Å². The maximum atomic E-state index is 12.3. The van der Waals surface area contributed by atoms with Crippen molar-refractivity contribution in [2.75, 3.05) is 12.0 Å². The Hall–Kier alpha value is -0.300. The van der Waals surface area contributed by atoms with Gasteiger partial charge in [0.25, 0.3) is 0 Å². The van der Waals surface area contributed by atoms with Gasteiger partial charge in [0.05, 0.1) is 16.9 Å². The van der Waals surface area contributed by atoms with Gasteiger partial charge in [0.15, 0.2) is 0 Å². The number of hydrogen-bond acceptors (Lipinski definition) is 1. The van der Waals surface area contributed by atoms with E-state index in [2.05, 4.69) is 0 Å². The summed E-state index contributed by atoms with van der Waals surface area (Å²) in [5, 5.41) is 8.24. The van der Waals surface area contributed by atoms with E-state index < -0.39 is 10.8 Å². The fraction of sp³-hybridized carbons (Fsp3) is 0.857. The van der Waals surface area contributed by atoms with Gasteiger partial charge in [-0.1, -0.05) is 6.92 Å². The molecule has 0 aliphatic rings. The van der Waals surface area contributed by atoms with Crippen molar-refractivity contribution in [3.05, 3.63) is 0 Å². The van der Waals surface area contributed by atoms with Crippen LogP contribution in [0.15, 0.2) is 0 Å². The predicted octanol–water partition coefficient (Wildman–Crippen LogP) is 3.13. The maximum absolute atomic E-state index is 12.3. The molecule has 0 saturated heterocycles. The largest absolute Gasteiger partial charge is 0.198 e. The van der Waals surface area contributed by atoms with Crippen molar-refractivity contribution < 1.29 is 7.77 Å². The van der Waals surface area contributed by atoms with E-state index >= 15 is 0 Å². The van der Waals surface area contributed by atoms with Gasteiger partial charge in [-0.05, 0) is 12.3 Å². The highest BCUT2D eigenvalue weighted by Crippen LogP contribution is 2.48. The van der Waals surface area contributed by atoms with E-state index in [1.54, 1.807) is 0 Å². The third-order valence-electron chi connectivity index (χ3n) is 1.41. The van der Waals surface area contributed by atoms with Gasteiger partial charge < -0.3 is 0 Å². The first kappa shape index (κ1) is 10.7. The van der Waals surface area contributed by atoms with Crippen molar-refractivity contribution in [3.63, 3.8) is 0 Å². The summed E-state index contributed by atoms with van der Waals surface area (Å²) in [6.45, 7) is 1.83. The third-order valence-corrected chi connectivity index (χ3v) is 2.36. The summed E-state index contributed by atoms with van der Waals surface area (Å²) in [4.78, 5) is 0. The zero-order chi connectivity index (χ0) is 8.91. The van der Waals surface area contributed by atoms with Crippen LogP contribution in [0.2, 0.25) is 0 Å². The minimum atomic E-state index is -3.35. The Morgan fingerprint density at radius 2 is 2.09 bits per heavy atom. The second-order valence-corrected chi connectivity index (χ2v) is 4.99. The van der Waals surface area contributed by atoms with Gasteiger partial charge in [-0.15, -0.1) is 0 Å². The molecule has 11 heavy (non-hydrogen) atoms. The van der Waals surface area contributed by atoms with Gasteiger partial charge in [0.1, 0.15) is 0 Å². The molecule has 0 aromatic rings. The van der Waals surface area contributed by atoms with Gasteiger partial charge in [-0.25, -0.2) is 0 Å². The number of hydrogen-bond donors (Lipinski definition) is 0. The van der Waals surface area contributed by atoms with Crippen LogP contribution in [0.1, 0.15) is 19.8 Å². The van der Waals surface area contributed by atoms with Gasteiger partial charge >= 0.3 is 0 Å². The van der Waals surface area contributed by atoms with Crippen LogP contribution in [0.3, 0.4) is 0 Å². The van der Waals surface area contributed by atoms with Crippen LogP contribution in [0.4, 0.5) is 7.77 Å². The minimum Gasteiger partial charge on any atom is -0.198 e. The van der Waals surface area contributed by atoms with E-state index in [1.807, 2.05) is 13.0 Å². The number of nitriles is 1. The first-order valence-electron chi connectivity index (χ1n) is 3.48. The van der Waals surface area contributed by atoms with E-state index in [4.69, 9.17) is 5.26 Å². The molecule has 0 aromatic heterocycles. The molecule has 0 aromatic carbocycles. The van der Waals surface area contributed by atoms with Crippen LogP contribution in [0.5, 0.6) is 0 Å². The smallest absolute Gasteiger partial charge is 0.0624 e. The molecular weight excluding hydrogens is 168 g/mol.